The van der Waals surface area contributed by atoms with Gasteiger partial charge in [-0.1, -0.05) is 64.4 Å². The van der Waals surface area contributed by atoms with E-state index < -0.39 is 0 Å². The van der Waals surface area contributed by atoms with E-state index in [-0.39, 0.29) is 11.5 Å². The summed E-state index contributed by atoms with van der Waals surface area (Å²) in [6.07, 6.45) is 1.91. The number of aromatic nitrogens is 5. The van der Waals surface area contributed by atoms with Crippen LogP contribution in [0.5, 0.6) is 0 Å². The zero-order valence-corrected chi connectivity index (χ0v) is 16.8. The van der Waals surface area contributed by atoms with Crippen LogP contribution in [0.4, 0.5) is 0 Å². The number of ether oxygens (including phenoxy) is 1. The minimum atomic E-state index is -0.171. The van der Waals surface area contributed by atoms with Gasteiger partial charge in [0, 0.05) is 5.02 Å². The SMILES string of the molecule is Clc1ccc([C@@H]2Cn3nnc(-c4noc(C5(c6ccccc6)CC5)n4)c3CO2)cc1. The number of hydrogen-bond donors (Lipinski definition) is 0. The van der Waals surface area contributed by atoms with Crippen molar-refractivity contribution in [2.24, 2.45) is 0 Å². The minimum Gasteiger partial charge on any atom is -0.365 e. The van der Waals surface area contributed by atoms with Crippen LogP contribution >= 0.6 is 11.6 Å². The third kappa shape index (κ3) is 2.85. The lowest BCUT2D eigenvalue weighted by molar-refractivity contribution is -0.00111. The van der Waals surface area contributed by atoms with Crippen LogP contribution in [0, 0.1) is 0 Å². The fourth-order valence-electron chi connectivity index (χ4n) is 4.09. The number of hydrogen-bond acceptors (Lipinski definition) is 6. The molecule has 1 aliphatic carbocycles. The van der Waals surface area contributed by atoms with Crippen molar-refractivity contribution in [1.82, 2.24) is 25.1 Å². The number of benzene rings is 2. The summed E-state index contributed by atoms with van der Waals surface area (Å²) < 4.78 is 13.6. The maximum Gasteiger partial charge on any atom is 0.237 e. The Morgan fingerprint density at radius 3 is 2.60 bits per heavy atom. The van der Waals surface area contributed by atoms with E-state index >= 15 is 0 Å². The molecular weight excluding hydrogens is 402 g/mol. The highest BCUT2D eigenvalue weighted by Gasteiger charge is 2.51. The molecule has 0 amide bonds. The molecule has 0 N–H and O–H groups in total. The molecule has 0 bridgehead atoms. The molecule has 0 saturated heterocycles. The number of fused-ring (bicyclic) bond motifs is 1. The zero-order chi connectivity index (χ0) is 20.1. The molecular formula is C22H18ClN5O2. The third-order valence-corrected chi connectivity index (χ3v) is 6.21. The summed E-state index contributed by atoms with van der Waals surface area (Å²) in [5, 5.41) is 13.6. The Kier molecular flexibility index (Phi) is 4.01. The van der Waals surface area contributed by atoms with E-state index in [1.54, 1.807) is 0 Å². The van der Waals surface area contributed by atoms with Crippen LogP contribution in [-0.2, 0) is 23.3 Å². The van der Waals surface area contributed by atoms with E-state index in [0.717, 1.165) is 24.1 Å². The molecule has 1 saturated carbocycles. The first-order valence-corrected chi connectivity index (χ1v) is 10.3. The Labute approximate surface area is 177 Å². The first-order valence-electron chi connectivity index (χ1n) is 9.92. The van der Waals surface area contributed by atoms with Crippen molar-refractivity contribution < 1.29 is 9.26 Å². The fourth-order valence-corrected chi connectivity index (χ4v) is 4.21. The summed E-state index contributed by atoms with van der Waals surface area (Å²) >= 11 is 5.99. The standard InChI is InChI=1S/C22H18ClN5O2/c23-16-8-6-14(7-9-16)18-12-28-17(13-29-18)19(25-27-28)20-24-21(30-26-20)22(10-11-22)15-4-2-1-3-5-15/h1-9,18H,10-13H2/t18-/m0/s1. The van der Waals surface area contributed by atoms with Gasteiger partial charge < -0.3 is 9.26 Å². The van der Waals surface area contributed by atoms with Crippen LogP contribution in [0.15, 0.2) is 59.1 Å². The molecule has 2 aromatic carbocycles. The van der Waals surface area contributed by atoms with E-state index in [1.807, 2.05) is 47.1 Å². The van der Waals surface area contributed by atoms with E-state index in [1.165, 1.54) is 5.56 Å². The maximum atomic E-state index is 6.08. The van der Waals surface area contributed by atoms with Crippen LogP contribution in [0.2, 0.25) is 5.02 Å². The molecule has 7 nitrogen and oxygen atoms in total. The molecule has 0 unspecified atom stereocenters. The molecule has 1 fully saturated rings. The molecule has 2 aromatic heterocycles. The first kappa shape index (κ1) is 17.8. The van der Waals surface area contributed by atoms with E-state index in [2.05, 4.69) is 27.6 Å². The average Bonchev–Trinajstić information content (AvgIpc) is 3.26. The molecule has 1 atom stereocenters. The molecule has 6 rings (SSSR count). The van der Waals surface area contributed by atoms with Gasteiger partial charge in [0.05, 0.1) is 24.3 Å². The number of rotatable bonds is 4. The molecule has 30 heavy (non-hydrogen) atoms. The second-order valence-corrected chi connectivity index (χ2v) is 8.23. The Morgan fingerprint density at radius 2 is 1.83 bits per heavy atom. The second kappa shape index (κ2) is 6.75. The van der Waals surface area contributed by atoms with Crippen LogP contribution in [0.25, 0.3) is 11.5 Å². The van der Waals surface area contributed by atoms with Gasteiger partial charge in [-0.05, 0) is 36.1 Å². The smallest absolute Gasteiger partial charge is 0.237 e. The van der Waals surface area contributed by atoms with Crippen LogP contribution in [0.3, 0.4) is 0 Å². The lowest BCUT2D eigenvalue weighted by atomic mass is 9.96. The summed E-state index contributed by atoms with van der Waals surface area (Å²) in [4.78, 5) is 4.69. The Morgan fingerprint density at radius 1 is 1.03 bits per heavy atom. The van der Waals surface area contributed by atoms with Gasteiger partial charge in [0.1, 0.15) is 6.10 Å². The van der Waals surface area contributed by atoms with Crippen molar-refractivity contribution in [2.75, 3.05) is 0 Å². The lowest BCUT2D eigenvalue weighted by Gasteiger charge is -2.24. The molecule has 8 heteroatoms. The molecule has 3 heterocycles. The Balaban J connectivity index is 1.28. The van der Waals surface area contributed by atoms with Gasteiger partial charge in [0.25, 0.3) is 0 Å². The molecule has 150 valence electrons. The van der Waals surface area contributed by atoms with Crippen LogP contribution < -0.4 is 0 Å². The quantitative estimate of drug-likeness (QED) is 0.489. The summed E-state index contributed by atoms with van der Waals surface area (Å²) in [5.74, 6) is 1.10. The molecule has 1 aliphatic heterocycles. The highest BCUT2D eigenvalue weighted by Crippen LogP contribution is 2.53. The van der Waals surface area contributed by atoms with Gasteiger partial charge in [-0.15, -0.1) is 5.10 Å². The van der Waals surface area contributed by atoms with E-state index in [4.69, 9.17) is 25.8 Å². The lowest BCUT2D eigenvalue weighted by Crippen LogP contribution is -2.22. The van der Waals surface area contributed by atoms with E-state index in [9.17, 15) is 0 Å². The van der Waals surface area contributed by atoms with Crippen molar-refractivity contribution >= 4 is 11.6 Å². The van der Waals surface area contributed by atoms with Gasteiger partial charge in [-0.3, -0.25) is 0 Å². The highest BCUT2D eigenvalue weighted by molar-refractivity contribution is 6.30. The van der Waals surface area contributed by atoms with Crippen molar-refractivity contribution in [1.29, 1.82) is 0 Å². The zero-order valence-electron chi connectivity index (χ0n) is 16.0. The highest BCUT2D eigenvalue weighted by atomic mass is 35.5. The van der Waals surface area contributed by atoms with E-state index in [0.29, 0.717) is 35.6 Å². The topological polar surface area (TPSA) is 78.9 Å². The first-order chi connectivity index (χ1) is 14.7. The number of nitrogens with zero attached hydrogens (tertiary/aromatic N) is 5. The average molecular weight is 420 g/mol. The molecule has 0 spiro atoms. The summed E-state index contributed by atoms with van der Waals surface area (Å²) in [7, 11) is 0. The maximum absolute atomic E-state index is 6.08. The Hall–Kier alpha value is -3.03. The predicted molar refractivity (Wildman–Crippen MR) is 109 cm³/mol. The fraction of sp³-hybridized carbons (Fsp3) is 0.273. The summed E-state index contributed by atoms with van der Waals surface area (Å²) in [6, 6.07) is 18.0. The minimum absolute atomic E-state index is 0.0991. The van der Waals surface area contributed by atoms with Gasteiger partial charge >= 0.3 is 0 Å². The molecule has 2 aliphatic rings. The van der Waals surface area contributed by atoms with Gasteiger partial charge in [-0.2, -0.15) is 4.98 Å². The van der Waals surface area contributed by atoms with Crippen molar-refractivity contribution in [3.63, 3.8) is 0 Å². The number of halogens is 1. The molecule has 4 aromatic rings. The Bertz CT molecular complexity index is 1200. The third-order valence-electron chi connectivity index (χ3n) is 5.96. The van der Waals surface area contributed by atoms with Gasteiger partial charge in [0.2, 0.25) is 11.7 Å². The summed E-state index contributed by atoms with van der Waals surface area (Å²) in [6.45, 7) is 0.950. The molecule has 0 radical (unpaired) electrons. The van der Waals surface area contributed by atoms with Crippen LogP contribution in [-0.4, -0.2) is 25.1 Å². The van der Waals surface area contributed by atoms with Gasteiger partial charge in [-0.25, -0.2) is 4.68 Å². The van der Waals surface area contributed by atoms with Crippen molar-refractivity contribution in [3.8, 4) is 11.5 Å². The van der Waals surface area contributed by atoms with Crippen LogP contribution in [0.1, 0.15) is 41.7 Å². The van der Waals surface area contributed by atoms with Crippen molar-refractivity contribution in [3.05, 3.63) is 82.3 Å². The monoisotopic (exact) mass is 419 g/mol. The largest absolute Gasteiger partial charge is 0.365 e. The van der Waals surface area contributed by atoms with Gasteiger partial charge in [0.15, 0.2) is 5.69 Å². The summed E-state index contributed by atoms with van der Waals surface area (Å²) in [5.41, 5.74) is 3.57. The second-order valence-electron chi connectivity index (χ2n) is 7.79. The normalized spacial score (nSPS) is 19.4. The predicted octanol–water partition coefficient (Wildman–Crippen LogP) is 4.33. The van der Waals surface area contributed by atoms with Crippen molar-refractivity contribution in [2.45, 2.75) is 37.5 Å².